The van der Waals surface area contributed by atoms with E-state index in [1.165, 1.54) is 17.2 Å². The van der Waals surface area contributed by atoms with Gasteiger partial charge < -0.3 is 10.3 Å². The minimum absolute atomic E-state index is 0.163. The Bertz CT molecular complexity index is 961. The standard InChI is InChI=1S/C20H17FN2O/c21-16-6-3-7-17-14(16)9-18(23-17)20(24)22-10-15-13-8-11-4-1-2-5-12(11)19(13)15/h1-7,9,13,15,19,23H,8,10H2,(H,22,24). The van der Waals surface area contributed by atoms with Crippen LogP contribution in [0.1, 0.15) is 27.5 Å². The van der Waals surface area contributed by atoms with Crippen LogP contribution in [0.2, 0.25) is 0 Å². The molecule has 4 heteroatoms. The molecule has 3 aromatic rings. The number of fused-ring (bicyclic) bond motifs is 4. The molecule has 0 bridgehead atoms. The fraction of sp³-hybridized carbons (Fsp3) is 0.250. The third kappa shape index (κ3) is 1.99. The summed E-state index contributed by atoms with van der Waals surface area (Å²) in [6.45, 7) is 0.681. The number of carbonyl (C=O) groups excluding carboxylic acids is 1. The molecule has 0 saturated heterocycles. The summed E-state index contributed by atoms with van der Waals surface area (Å²) < 4.78 is 13.7. The lowest BCUT2D eigenvalue weighted by Crippen LogP contribution is -2.27. The molecule has 2 aromatic carbocycles. The average Bonchev–Trinajstić information content (AvgIpc) is 2.96. The van der Waals surface area contributed by atoms with Crippen molar-refractivity contribution in [3.05, 3.63) is 71.2 Å². The van der Waals surface area contributed by atoms with Crippen LogP contribution >= 0.6 is 0 Å². The van der Waals surface area contributed by atoms with Crippen molar-refractivity contribution in [2.75, 3.05) is 6.54 Å². The highest BCUT2D eigenvalue weighted by Crippen LogP contribution is 2.60. The SMILES string of the molecule is O=C(NCC1C2Cc3ccccc3C12)c1cc2c(F)cccc2[nH]1. The molecule has 0 radical (unpaired) electrons. The maximum Gasteiger partial charge on any atom is 0.267 e. The van der Waals surface area contributed by atoms with Crippen molar-refractivity contribution < 1.29 is 9.18 Å². The number of amides is 1. The van der Waals surface area contributed by atoms with E-state index in [0.717, 1.165) is 6.42 Å². The first kappa shape index (κ1) is 13.8. The molecule has 2 aliphatic carbocycles. The normalized spacial score (nSPS) is 23.8. The molecule has 3 atom stereocenters. The number of nitrogens with one attached hydrogen (secondary N) is 2. The first-order valence-electron chi connectivity index (χ1n) is 8.35. The van der Waals surface area contributed by atoms with E-state index in [1.807, 2.05) is 0 Å². The van der Waals surface area contributed by atoms with Crippen LogP contribution in [-0.2, 0) is 6.42 Å². The maximum absolute atomic E-state index is 13.7. The third-order valence-electron chi connectivity index (χ3n) is 5.56. The van der Waals surface area contributed by atoms with Gasteiger partial charge in [-0.1, -0.05) is 30.3 Å². The second kappa shape index (κ2) is 4.94. The number of rotatable bonds is 3. The number of halogens is 1. The zero-order valence-electron chi connectivity index (χ0n) is 13.1. The molecular formula is C20H17FN2O. The Balaban J connectivity index is 1.28. The minimum Gasteiger partial charge on any atom is -0.350 e. The van der Waals surface area contributed by atoms with Crippen molar-refractivity contribution in [2.24, 2.45) is 11.8 Å². The van der Waals surface area contributed by atoms with Gasteiger partial charge in [-0.3, -0.25) is 4.79 Å². The van der Waals surface area contributed by atoms with Crippen LogP contribution in [0.5, 0.6) is 0 Å². The zero-order chi connectivity index (χ0) is 16.3. The van der Waals surface area contributed by atoms with E-state index in [0.29, 0.717) is 40.9 Å². The lowest BCUT2D eigenvalue weighted by molar-refractivity contribution is 0.0947. The molecule has 3 nitrogen and oxygen atoms in total. The second-order valence-electron chi connectivity index (χ2n) is 6.85. The zero-order valence-corrected chi connectivity index (χ0v) is 13.1. The van der Waals surface area contributed by atoms with E-state index < -0.39 is 0 Å². The highest BCUT2D eigenvalue weighted by molar-refractivity contribution is 5.98. The summed E-state index contributed by atoms with van der Waals surface area (Å²) in [6, 6.07) is 15.0. The Hall–Kier alpha value is -2.62. The molecule has 120 valence electrons. The number of H-pyrrole nitrogens is 1. The molecule has 3 unspecified atom stereocenters. The van der Waals surface area contributed by atoms with E-state index in [4.69, 9.17) is 0 Å². The summed E-state index contributed by atoms with van der Waals surface area (Å²) in [5.74, 6) is 1.33. The van der Waals surface area contributed by atoms with E-state index >= 15 is 0 Å². The van der Waals surface area contributed by atoms with Gasteiger partial charge in [0.1, 0.15) is 11.5 Å². The van der Waals surface area contributed by atoms with Gasteiger partial charge >= 0.3 is 0 Å². The van der Waals surface area contributed by atoms with Crippen LogP contribution in [0.3, 0.4) is 0 Å². The van der Waals surface area contributed by atoms with Crippen LogP contribution in [0.4, 0.5) is 4.39 Å². The fourth-order valence-corrected chi connectivity index (χ4v) is 4.31. The molecular weight excluding hydrogens is 303 g/mol. The van der Waals surface area contributed by atoms with Gasteiger partial charge in [0.15, 0.2) is 0 Å². The molecule has 1 amide bonds. The second-order valence-corrected chi connectivity index (χ2v) is 6.85. The molecule has 24 heavy (non-hydrogen) atoms. The predicted octanol–water partition coefficient (Wildman–Crippen LogP) is 3.62. The van der Waals surface area contributed by atoms with Crippen LogP contribution < -0.4 is 5.32 Å². The number of hydrogen-bond acceptors (Lipinski definition) is 1. The van der Waals surface area contributed by atoms with Crippen molar-refractivity contribution in [3.63, 3.8) is 0 Å². The summed E-state index contributed by atoms with van der Waals surface area (Å²) in [4.78, 5) is 15.4. The van der Waals surface area contributed by atoms with Crippen molar-refractivity contribution in [1.29, 1.82) is 0 Å². The Morgan fingerprint density at radius 3 is 2.96 bits per heavy atom. The smallest absolute Gasteiger partial charge is 0.267 e. The van der Waals surface area contributed by atoms with Gasteiger partial charge in [-0.25, -0.2) is 4.39 Å². The predicted molar refractivity (Wildman–Crippen MR) is 90.5 cm³/mol. The molecule has 2 N–H and O–H groups in total. The van der Waals surface area contributed by atoms with Gasteiger partial charge in [0.2, 0.25) is 0 Å². The van der Waals surface area contributed by atoms with Gasteiger partial charge in [-0.2, -0.15) is 0 Å². The van der Waals surface area contributed by atoms with Gasteiger partial charge in [-0.05, 0) is 53.5 Å². The van der Waals surface area contributed by atoms with E-state index in [1.54, 1.807) is 18.2 Å². The molecule has 0 spiro atoms. The molecule has 1 saturated carbocycles. The van der Waals surface area contributed by atoms with Crippen molar-refractivity contribution >= 4 is 16.8 Å². The fourth-order valence-electron chi connectivity index (χ4n) is 4.31. The van der Waals surface area contributed by atoms with Gasteiger partial charge in [0.05, 0.1) is 0 Å². The summed E-state index contributed by atoms with van der Waals surface area (Å²) in [6.07, 6.45) is 1.12. The van der Waals surface area contributed by atoms with Crippen molar-refractivity contribution in [3.8, 4) is 0 Å². The van der Waals surface area contributed by atoms with Gasteiger partial charge in [0.25, 0.3) is 5.91 Å². The molecule has 2 aliphatic rings. The highest BCUT2D eigenvalue weighted by Gasteiger charge is 2.55. The lowest BCUT2D eigenvalue weighted by Gasteiger charge is -2.08. The number of aromatic amines is 1. The maximum atomic E-state index is 13.7. The van der Waals surface area contributed by atoms with Crippen molar-refractivity contribution in [1.82, 2.24) is 10.3 Å². The number of hydrogen-bond donors (Lipinski definition) is 2. The first-order valence-corrected chi connectivity index (χ1v) is 8.35. The Morgan fingerprint density at radius 1 is 1.21 bits per heavy atom. The molecule has 0 aliphatic heterocycles. The summed E-state index contributed by atoms with van der Waals surface area (Å²) in [7, 11) is 0. The Morgan fingerprint density at radius 2 is 2.08 bits per heavy atom. The van der Waals surface area contributed by atoms with Crippen LogP contribution in [0, 0.1) is 17.7 Å². The number of benzene rings is 2. The Labute approximate surface area is 138 Å². The highest BCUT2D eigenvalue weighted by atomic mass is 19.1. The minimum atomic E-state index is -0.309. The molecule has 1 heterocycles. The molecule has 5 rings (SSSR count). The molecule has 1 fully saturated rings. The monoisotopic (exact) mass is 320 g/mol. The molecule has 1 aromatic heterocycles. The summed E-state index contributed by atoms with van der Waals surface area (Å²) >= 11 is 0. The van der Waals surface area contributed by atoms with E-state index in [2.05, 4.69) is 34.6 Å². The van der Waals surface area contributed by atoms with Gasteiger partial charge in [-0.15, -0.1) is 0 Å². The van der Waals surface area contributed by atoms with Crippen LogP contribution in [0.15, 0.2) is 48.5 Å². The van der Waals surface area contributed by atoms with E-state index in [9.17, 15) is 9.18 Å². The third-order valence-corrected chi connectivity index (χ3v) is 5.56. The van der Waals surface area contributed by atoms with Gasteiger partial charge in [0, 0.05) is 17.4 Å². The summed E-state index contributed by atoms with van der Waals surface area (Å²) in [5, 5.41) is 3.47. The average molecular weight is 320 g/mol. The van der Waals surface area contributed by atoms with Crippen molar-refractivity contribution in [2.45, 2.75) is 12.3 Å². The Kier molecular flexibility index (Phi) is 2.84. The van der Waals surface area contributed by atoms with E-state index in [-0.39, 0.29) is 11.7 Å². The summed E-state index contributed by atoms with van der Waals surface area (Å²) in [5.41, 5.74) is 3.98. The lowest BCUT2D eigenvalue weighted by atomic mass is 10.0. The van der Waals surface area contributed by atoms with Crippen LogP contribution in [-0.4, -0.2) is 17.4 Å². The topological polar surface area (TPSA) is 44.9 Å². The first-order chi connectivity index (χ1) is 11.7. The largest absolute Gasteiger partial charge is 0.350 e. The number of carbonyl (C=O) groups is 1. The number of aromatic nitrogens is 1. The quantitative estimate of drug-likeness (QED) is 0.760. The van der Waals surface area contributed by atoms with Crippen LogP contribution in [0.25, 0.3) is 10.9 Å².